The molecule has 6 heteroatoms. The number of anilines is 2. The second-order valence-corrected chi connectivity index (χ2v) is 6.51. The second kappa shape index (κ2) is 8.31. The van der Waals surface area contributed by atoms with Gasteiger partial charge in [-0.2, -0.15) is 5.10 Å². The third kappa shape index (κ3) is 4.61. The summed E-state index contributed by atoms with van der Waals surface area (Å²) in [7, 11) is 0. The van der Waals surface area contributed by atoms with E-state index >= 15 is 0 Å². The van der Waals surface area contributed by atoms with Gasteiger partial charge >= 0.3 is 0 Å². The Hall–Kier alpha value is -3.41. The molecule has 1 heterocycles. The SMILES string of the molecule is CC(C)C(=O)Nc1cccc(NC(=O)C(c2ccccc2)n2cccn2)c1. The van der Waals surface area contributed by atoms with Crippen molar-refractivity contribution in [2.24, 2.45) is 5.92 Å². The lowest BCUT2D eigenvalue weighted by atomic mass is 10.1. The molecule has 0 saturated carbocycles. The number of carbonyl (C=O) groups is 2. The van der Waals surface area contributed by atoms with Gasteiger partial charge < -0.3 is 10.6 Å². The highest BCUT2D eigenvalue weighted by atomic mass is 16.2. The third-order valence-electron chi connectivity index (χ3n) is 4.08. The summed E-state index contributed by atoms with van der Waals surface area (Å²) in [6, 6.07) is 17.8. The quantitative estimate of drug-likeness (QED) is 0.702. The maximum absolute atomic E-state index is 13.0. The van der Waals surface area contributed by atoms with Crippen molar-refractivity contribution < 1.29 is 9.59 Å². The Bertz CT molecular complexity index is 905. The molecule has 0 saturated heterocycles. The van der Waals surface area contributed by atoms with E-state index in [-0.39, 0.29) is 17.7 Å². The van der Waals surface area contributed by atoms with Gasteiger partial charge in [-0.25, -0.2) is 0 Å². The monoisotopic (exact) mass is 362 g/mol. The average molecular weight is 362 g/mol. The number of aromatic nitrogens is 2. The molecule has 2 aromatic carbocycles. The van der Waals surface area contributed by atoms with Crippen LogP contribution >= 0.6 is 0 Å². The predicted molar refractivity (Wildman–Crippen MR) is 105 cm³/mol. The van der Waals surface area contributed by atoms with Gasteiger partial charge in [0.05, 0.1) is 0 Å². The largest absolute Gasteiger partial charge is 0.326 e. The van der Waals surface area contributed by atoms with Crippen LogP contribution in [-0.4, -0.2) is 21.6 Å². The molecule has 0 aliphatic heterocycles. The van der Waals surface area contributed by atoms with Gasteiger partial charge in [0.1, 0.15) is 0 Å². The first-order valence-electron chi connectivity index (χ1n) is 8.80. The van der Waals surface area contributed by atoms with Gasteiger partial charge in [-0.15, -0.1) is 0 Å². The van der Waals surface area contributed by atoms with Gasteiger partial charge in [-0.05, 0) is 29.8 Å². The molecule has 3 rings (SSSR count). The lowest BCUT2D eigenvalue weighted by Crippen LogP contribution is -2.27. The number of rotatable bonds is 6. The van der Waals surface area contributed by atoms with Crippen LogP contribution in [0.15, 0.2) is 73.1 Å². The van der Waals surface area contributed by atoms with Crippen LogP contribution in [0.5, 0.6) is 0 Å². The van der Waals surface area contributed by atoms with Gasteiger partial charge in [0.2, 0.25) is 5.91 Å². The molecule has 2 N–H and O–H groups in total. The van der Waals surface area contributed by atoms with Crippen molar-refractivity contribution in [1.82, 2.24) is 9.78 Å². The Labute approximate surface area is 158 Å². The summed E-state index contributed by atoms with van der Waals surface area (Å²) in [6.07, 6.45) is 3.40. The molecule has 2 amide bonds. The second-order valence-electron chi connectivity index (χ2n) is 6.51. The normalized spacial score (nSPS) is 11.8. The van der Waals surface area contributed by atoms with Crippen LogP contribution in [0, 0.1) is 5.92 Å². The van der Waals surface area contributed by atoms with Crippen molar-refractivity contribution in [3.8, 4) is 0 Å². The zero-order valence-electron chi connectivity index (χ0n) is 15.3. The van der Waals surface area contributed by atoms with Crippen LogP contribution in [0.25, 0.3) is 0 Å². The lowest BCUT2D eigenvalue weighted by molar-refractivity contribution is -0.119. The van der Waals surface area contributed by atoms with E-state index in [1.54, 1.807) is 47.4 Å². The predicted octanol–water partition coefficient (Wildman–Crippen LogP) is 3.71. The van der Waals surface area contributed by atoms with Crippen LogP contribution in [-0.2, 0) is 9.59 Å². The molecule has 0 spiro atoms. The van der Waals surface area contributed by atoms with Gasteiger partial charge in [-0.3, -0.25) is 14.3 Å². The number of amides is 2. The molecule has 0 aliphatic rings. The van der Waals surface area contributed by atoms with Crippen LogP contribution in [0.3, 0.4) is 0 Å². The van der Waals surface area contributed by atoms with Crippen molar-refractivity contribution in [3.63, 3.8) is 0 Å². The summed E-state index contributed by atoms with van der Waals surface area (Å²) < 4.78 is 1.62. The molecule has 0 radical (unpaired) electrons. The van der Waals surface area contributed by atoms with E-state index in [0.29, 0.717) is 11.4 Å². The highest BCUT2D eigenvalue weighted by molar-refractivity contribution is 5.97. The molecule has 0 fully saturated rings. The number of nitrogens with zero attached hydrogens (tertiary/aromatic N) is 2. The van der Waals surface area contributed by atoms with Crippen molar-refractivity contribution in [2.45, 2.75) is 19.9 Å². The molecule has 6 nitrogen and oxygen atoms in total. The Balaban J connectivity index is 1.81. The summed E-state index contributed by atoms with van der Waals surface area (Å²) in [5.74, 6) is -0.403. The fourth-order valence-corrected chi connectivity index (χ4v) is 2.66. The van der Waals surface area contributed by atoms with Gasteiger partial charge in [-0.1, -0.05) is 50.2 Å². The molecule has 3 aromatic rings. The van der Waals surface area contributed by atoms with Crippen molar-refractivity contribution in [3.05, 3.63) is 78.6 Å². The van der Waals surface area contributed by atoms with Gasteiger partial charge in [0.15, 0.2) is 6.04 Å². The molecule has 1 unspecified atom stereocenters. The number of hydrogen-bond acceptors (Lipinski definition) is 3. The first-order chi connectivity index (χ1) is 13.0. The fraction of sp³-hybridized carbons (Fsp3) is 0.190. The number of hydrogen-bond donors (Lipinski definition) is 2. The van der Waals surface area contributed by atoms with Crippen molar-refractivity contribution in [1.29, 1.82) is 0 Å². The van der Waals surface area contributed by atoms with E-state index in [0.717, 1.165) is 5.56 Å². The summed E-state index contributed by atoms with van der Waals surface area (Å²) in [5.41, 5.74) is 2.08. The van der Waals surface area contributed by atoms with E-state index in [1.807, 2.05) is 44.2 Å². The van der Waals surface area contributed by atoms with Crippen molar-refractivity contribution >= 4 is 23.2 Å². The molecular weight excluding hydrogens is 340 g/mol. The van der Waals surface area contributed by atoms with Crippen LogP contribution in [0.2, 0.25) is 0 Å². The molecule has 1 aromatic heterocycles. The molecular formula is C21H22N4O2. The van der Waals surface area contributed by atoms with E-state index in [2.05, 4.69) is 15.7 Å². The minimum atomic E-state index is -0.588. The third-order valence-corrected chi connectivity index (χ3v) is 4.08. The maximum atomic E-state index is 13.0. The zero-order chi connectivity index (χ0) is 19.2. The fourth-order valence-electron chi connectivity index (χ4n) is 2.66. The summed E-state index contributed by atoms with van der Waals surface area (Å²) in [4.78, 5) is 24.9. The summed E-state index contributed by atoms with van der Waals surface area (Å²) in [5, 5.41) is 9.99. The highest BCUT2D eigenvalue weighted by Crippen LogP contribution is 2.22. The number of benzene rings is 2. The average Bonchev–Trinajstić information content (AvgIpc) is 3.17. The molecule has 138 valence electrons. The van der Waals surface area contributed by atoms with Crippen molar-refractivity contribution in [2.75, 3.05) is 10.6 Å². The minimum absolute atomic E-state index is 0.0721. The maximum Gasteiger partial charge on any atom is 0.253 e. The van der Waals surface area contributed by atoms with Gasteiger partial charge in [0.25, 0.3) is 5.91 Å². The topological polar surface area (TPSA) is 76.0 Å². The molecule has 27 heavy (non-hydrogen) atoms. The minimum Gasteiger partial charge on any atom is -0.326 e. The van der Waals surface area contributed by atoms with Crippen LogP contribution in [0.4, 0.5) is 11.4 Å². The van der Waals surface area contributed by atoms with Gasteiger partial charge in [0, 0.05) is 29.7 Å². The van der Waals surface area contributed by atoms with E-state index < -0.39 is 6.04 Å². The van der Waals surface area contributed by atoms with Crippen LogP contribution in [0.1, 0.15) is 25.5 Å². The number of carbonyl (C=O) groups excluding carboxylic acids is 2. The zero-order valence-corrected chi connectivity index (χ0v) is 15.3. The molecule has 0 bridgehead atoms. The summed E-state index contributed by atoms with van der Waals surface area (Å²) >= 11 is 0. The first kappa shape index (κ1) is 18.4. The Morgan fingerprint density at radius 2 is 1.56 bits per heavy atom. The Kier molecular flexibility index (Phi) is 5.66. The Morgan fingerprint density at radius 1 is 0.889 bits per heavy atom. The number of nitrogens with one attached hydrogen (secondary N) is 2. The lowest BCUT2D eigenvalue weighted by Gasteiger charge is -2.18. The first-order valence-corrected chi connectivity index (χ1v) is 8.80. The molecule has 1 atom stereocenters. The Morgan fingerprint density at radius 3 is 2.15 bits per heavy atom. The highest BCUT2D eigenvalue weighted by Gasteiger charge is 2.23. The smallest absolute Gasteiger partial charge is 0.253 e. The van der Waals surface area contributed by atoms with E-state index in [9.17, 15) is 9.59 Å². The summed E-state index contributed by atoms with van der Waals surface area (Å²) in [6.45, 7) is 3.66. The van der Waals surface area contributed by atoms with Crippen LogP contribution < -0.4 is 10.6 Å². The standard InChI is InChI=1S/C21H22N4O2/c1-15(2)20(26)23-17-10-6-11-18(14-17)24-21(27)19(25-13-7-12-22-25)16-8-4-3-5-9-16/h3-15,19H,1-2H3,(H,23,26)(H,24,27). The van der Waals surface area contributed by atoms with E-state index in [1.165, 1.54) is 0 Å². The van der Waals surface area contributed by atoms with E-state index in [4.69, 9.17) is 0 Å². The molecule has 0 aliphatic carbocycles.